The van der Waals surface area contributed by atoms with Crippen LogP contribution in [-0.2, 0) is 43.4 Å². The highest BCUT2D eigenvalue weighted by Crippen LogP contribution is 2.42. The normalized spacial score (nSPS) is 23.6. The molecule has 7 unspecified atom stereocenters. The van der Waals surface area contributed by atoms with Gasteiger partial charge in [0.25, 0.3) is 0 Å². The lowest BCUT2D eigenvalue weighted by molar-refractivity contribution is -0.255. The molecule has 11 heteroatoms. The van der Waals surface area contributed by atoms with Crippen molar-refractivity contribution in [2.24, 2.45) is 5.92 Å². The molecule has 7 atom stereocenters. The number of nitrogens with one attached hydrogen (secondary N) is 3. The zero-order chi connectivity index (χ0) is 42.9. The zero-order valence-electron chi connectivity index (χ0n) is 36.0. The minimum absolute atomic E-state index is 0.0287. The summed E-state index contributed by atoms with van der Waals surface area (Å²) in [6, 6.07) is 32.3. The summed E-state index contributed by atoms with van der Waals surface area (Å²) in [6.45, 7) is 6.96. The van der Waals surface area contributed by atoms with Crippen molar-refractivity contribution in [3.63, 3.8) is 0 Å². The smallest absolute Gasteiger partial charge is 0.328 e. The van der Waals surface area contributed by atoms with Gasteiger partial charge in [-0.15, -0.1) is 0 Å². The van der Waals surface area contributed by atoms with Crippen LogP contribution in [-0.4, -0.2) is 71.3 Å². The van der Waals surface area contributed by atoms with Gasteiger partial charge in [0.2, 0.25) is 5.91 Å². The Bertz CT molecular complexity index is 2070. The van der Waals surface area contributed by atoms with E-state index >= 15 is 0 Å². The fourth-order valence-corrected chi connectivity index (χ4v) is 9.34. The highest BCUT2D eigenvalue weighted by atomic mass is 16.7. The van der Waals surface area contributed by atoms with E-state index in [1.54, 1.807) is 0 Å². The Morgan fingerprint density at radius 2 is 1.52 bits per heavy atom. The molecule has 3 aliphatic rings. The molecular weight excluding hydrogens is 769 g/mol. The fourth-order valence-electron chi connectivity index (χ4n) is 9.34. The lowest BCUT2D eigenvalue weighted by atomic mass is 9.75. The van der Waals surface area contributed by atoms with E-state index in [9.17, 15) is 19.5 Å². The summed E-state index contributed by atoms with van der Waals surface area (Å²) < 4.78 is 18.6. The molecule has 1 aliphatic carbocycles. The van der Waals surface area contributed by atoms with Crippen LogP contribution in [0.5, 0.6) is 0 Å². The molecule has 3 fully saturated rings. The molecule has 3 amide bonds. The molecule has 0 spiro atoms. The Labute approximate surface area is 360 Å². The maximum absolute atomic E-state index is 13.9. The molecule has 61 heavy (non-hydrogen) atoms. The molecule has 0 bridgehead atoms. The van der Waals surface area contributed by atoms with E-state index in [1.807, 2.05) is 124 Å². The number of aliphatic hydroxyl groups excluding tert-OH is 1. The molecule has 0 radical (unpaired) electrons. The SMILES string of the molecule is COC(=O)C(Cc1ccccc1)NC(=O)NCc1ccccc1-c1ccc(C2OC(CN3C(C(=O)NC(C)(C)C)CCC4CCCCC43)CC(c3ccc(CO)cc3)O2)cc1. The van der Waals surface area contributed by atoms with Crippen LogP contribution in [0.25, 0.3) is 11.1 Å². The number of rotatable bonds is 13. The molecule has 4 aromatic rings. The molecule has 1 saturated carbocycles. The van der Waals surface area contributed by atoms with E-state index in [2.05, 4.69) is 20.9 Å². The molecule has 2 saturated heterocycles. The van der Waals surface area contributed by atoms with E-state index < -0.39 is 24.3 Å². The predicted octanol–water partition coefficient (Wildman–Crippen LogP) is 7.91. The first-order chi connectivity index (χ1) is 29.5. The largest absolute Gasteiger partial charge is 0.467 e. The first-order valence-corrected chi connectivity index (χ1v) is 21.9. The first kappa shape index (κ1) is 44.0. The number of fused-ring (bicyclic) bond motifs is 1. The lowest BCUT2D eigenvalue weighted by Crippen LogP contribution is -2.61. The molecular formula is C50H62N4O7. The van der Waals surface area contributed by atoms with E-state index in [-0.39, 0.29) is 42.8 Å². The van der Waals surface area contributed by atoms with Crippen LogP contribution in [0.4, 0.5) is 4.79 Å². The Kier molecular flexibility index (Phi) is 14.6. The van der Waals surface area contributed by atoms with Crippen LogP contribution in [0, 0.1) is 5.92 Å². The standard InChI is InChI=1S/C50H62N4O7/c1-50(2,3)53-46(56)44-27-26-36-14-9-11-17-43(36)54(44)31-40-29-45(37-20-18-34(32-55)19-21-37)61-48(60-40)38-24-22-35(23-25-38)41-16-10-8-15-39(41)30-51-49(58)52-42(47(57)59-4)28-33-12-6-5-7-13-33/h5-8,10,12-13,15-16,18-25,36,40,42-45,48,55H,9,11,14,17,26-32H2,1-4H3,(H,53,56)(H2,51,52,58). The number of carbonyl (C=O) groups is 3. The molecule has 0 aromatic heterocycles. The molecule has 4 N–H and O–H groups in total. The third-order valence-corrected chi connectivity index (χ3v) is 12.4. The van der Waals surface area contributed by atoms with Crippen molar-refractivity contribution >= 4 is 17.9 Å². The molecule has 2 aliphatic heterocycles. The van der Waals surface area contributed by atoms with Gasteiger partial charge in [-0.1, -0.05) is 116 Å². The van der Waals surface area contributed by atoms with Gasteiger partial charge < -0.3 is 35.3 Å². The van der Waals surface area contributed by atoms with Crippen LogP contribution in [0.3, 0.4) is 0 Å². The second-order valence-corrected chi connectivity index (χ2v) is 17.9. The number of hydrogen-bond acceptors (Lipinski definition) is 8. The average molecular weight is 831 g/mol. The van der Waals surface area contributed by atoms with Crippen molar-refractivity contribution in [1.82, 2.24) is 20.9 Å². The molecule has 324 valence electrons. The minimum atomic E-state index is -0.836. The number of nitrogens with zero attached hydrogens (tertiary/aromatic N) is 1. The second-order valence-electron chi connectivity index (χ2n) is 17.9. The van der Waals surface area contributed by atoms with Gasteiger partial charge in [-0.05, 0) is 85.8 Å². The van der Waals surface area contributed by atoms with Gasteiger partial charge in [0.1, 0.15) is 6.04 Å². The average Bonchev–Trinajstić information content (AvgIpc) is 3.27. The second kappa shape index (κ2) is 20.2. The topological polar surface area (TPSA) is 138 Å². The van der Waals surface area contributed by atoms with Crippen molar-refractivity contribution in [3.8, 4) is 11.1 Å². The Balaban J connectivity index is 1.08. The number of likely N-dealkylation sites (tertiary alicyclic amines) is 1. The van der Waals surface area contributed by atoms with Crippen LogP contribution in [0.2, 0.25) is 0 Å². The summed E-state index contributed by atoms with van der Waals surface area (Å²) in [5.41, 5.74) is 6.16. The van der Waals surface area contributed by atoms with E-state index in [0.717, 1.165) is 58.2 Å². The number of benzene rings is 4. The maximum atomic E-state index is 13.9. The highest BCUT2D eigenvalue weighted by Gasteiger charge is 2.44. The number of urea groups is 1. The Morgan fingerprint density at radius 3 is 2.25 bits per heavy atom. The summed E-state index contributed by atoms with van der Waals surface area (Å²) in [7, 11) is 1.31. The lowest BCUT2D eigenvalue weighted by Gasteiger charge is -2.50. The number of piperidine rings is 1. The number of aliphatic hydroxyl groups is 1. The van der Waals surface area contributed by atoms with Gasteiger partial charge in [0.05, 0.1) is 32.0 Å². The van der Waals surface area contributed by atoms with Gasteiger partial charge in [0, 0.05) is 43.1 Å². The van der Waals surface area contributed by atoms with Crippen molar-refractivity contribution in [2.45, 2.75) is 127 Å². The summed E-state index contributed by atoms with van der Waals surface area (Å²) in [4.78, 5) is 42.0. The zero-order valence-corrected chi connectivity index (χ0v) is 36.0. The predicted molar refractivity (Wildman–Crippen MR) is 235 cm³/mol. The number of amides is 3. The first-order valence-electron chi connectivity index (χ1n) is 21.9. The minimum Gasteiger partial charge on any atom is -0.467 e. The number of hydrogen-bond donors (Lipinski definition) is 4. The van der Waals surface area contributed by atoms with Crippen LogP contribution < -0.4 is 16.0 Å². The molecule has 11 nitrogen and oxygen atoms in total. The van der Waals surface area contributed by atoms with Gasteiger partial charge in [-0.25, -0.2) is 9.59 Å². The van der Waals surface area contributed by atoms with E-state index in [4.69, 9.17) is 14.2 Å². The van der Waals surface area contributed by atoms with Crippen LogP contribution in [0.15, 0.2) is 103 Å². The third-order valence-electron chi connectivity index (χ3n) is 12.4. The van der Waals surface area contributed by atoms with Gasteiger partial charge in [-0.2, -0.15) is 0 Å². The maximum Gasteiger partial charge on any atom is 0.328 e. The van der Waals surface area contributed by atoms with Gasteiger partial charge >= 0.3 is 12.0 Å². The summed E-state index contributed by atoms with van der Waals surface area (Å²) in [5, 5.41) is 18.7. The fraction of sp³-hybridized carbons (Fsp3) is 0.460. The quantitative estimate of drug-likeness (QED) is 0.0999. The van der Waals surface area contributed by atoms with Crippen molar-refractivity contribution in [3.05, 3.63) is 131 Å². The third kappa shape index (κ3) is 11.5. The van der Waals surface area contributed by atoms with E-state index in [0.29, 0.717) is 31.3 Å². The van der Waals surface area contributed by atoms with E-state index in [1.165, 1.54) is 26.4 Å². The van der Waals surface area contributed by atoms with Gasteiger partial charge in [0.15, 0.2) is 6.29 Å². The van der Waals surface area contributed by atoms with Crippen molar-refractivity contribution < 1.29 is 33.7 Å². The summed E-state index contributed by atoms with van der Waals surface area (Å²) >= 11 is 0. The Hall–Kier alpha value is -5.07. The van der Waals surface area contributed by atoms with Crippen LogP contribution >= 0.6 is 0 Å². The number of ether oxygens (including phenoxy) is 3. The summed E-state index contributed by atoms with van der Waals surface area (Å²) in [5.74, 6) is 0.164. The Morgan fingerprint density at radius 1 is 0.820 bits per heavy atom. The molecule has 2 heterocycles. The van der Waals surface area contributed by atoms with Crippen molar-refractivity contribution in [2.75, 3.05) is 13.7 Å². The highest BCUT2D eigenvalue weighted by molar-refractivity contribution is 5.84. The number of esters is 1. The summed E-state index contributed by atoms with van der Waals surface area (Å²) in [6.07, 6.45) is 6.47. The van der Waals surface area contributed by atoms with Crippen LogP contribution in [0.1, 0.15) is 106 Å². The number of carbonyl (C=O) groups excluding carboxylic acids is 3. The van der Waals surface area contributed by atoms with Crippen molar-refractivity contribution in [1.29, 1.82) is 0 Å². The monoisotopic (exact) mass is 830 g/mol. The van der Waals surface area contributed by atoms with Gasteiger partial charge in [-0.3, -0.25) is 9.69 Å². The molecule has 7 rings (SSSR count). The number of methoxy groups -OCH3 is 1. The molecule has 4 aromatic carbocycles.